The number of ether oxygens (including phenoxy) is 1. The molecule has 2 aromatic heterocycles. The molecule has 31 heavy (non-hydrogen) atoms. The molecule has 9 nitrogen and oxygen atoms in total. The summed E-state index contributed by atoms with van der Waals surface area (Å²) in [6.07, 6.45) is 9.68. The number of aromatic nitrogens is 3. The maximum atomic E-state index is 13.1. The number of piperidine rings is 1. The molecular weight excluding hydrogens is 396 g/mol. The predicted octanol–water partition coefficient (Wildman–Crippen LogP) is 3.08. The predicted molar refractivity (Wildman–Crippen MR) is 118 cm³/mol. The summed E-state index contributed by atoms with van der Waals surface area (Å²) >= 11 is 0. The quantitative estimate of drug-likeness (QED) is 0.723. The van der Waals surface area contributed by atoms with Gasteiger partial charge in [-0.1, -0.05) is 20.3 Å². The van der Waals surface area contributed by atoms with Crippen molar-refractivity contribution in [3.63, 3.8) is 0 Å². The third-order valence-corrected chi connectivity index (χ3v) is 6.64. The number of anilines is 2. The standard InChI is InChI=1S/C22H32N6O3/c1-3-14-8-9-15(4-2)27(13-14)22(30)21(29)26-17-12-24-20(23)16-11-25-28(19(16)17)18-7-5-6-10-31-18/h11-12,14-15,18H,3-10,13H2,1-2H3,(H2,23,24)(H,26,29)/t14-,15-,18?/m1/s1. The van der Waals surface area contributed by atoms with E-state index in [4.69, 9.17) is 10.5 Å². The molecule has 1 unspecified atom stereocenters. The Hall–Kier alpha value is -2.68. The smallest absolute Gasteiger partial charge is 0.314 e. The van der Waals surface area contributed by atoms with Crippen molar-refractivity contribution in [2.24, 2.45) is 5.92 Å². The van der Waals surface area contributed by atoms with E-state index in [1.807, 2.05) is 0 Å². The monoisotopic (exact) mass is 428 g/mol. The fraction of sp³-hybridized carbons (Fsp3) is 0.636. The number of hydrogen-bond donors (Lipinski definition) is 2. The lowest BCUT2D eigenvalue weighted by atomic mass is 9.89. The molecule has 0 radical (unpaired) electrons. The summed E-state index contributed by atoms with van der Waals surface area (Å²) < 4.78 is 7.62. The summed E-state index contributed by atoms with van der Waals surface area (Å²) in [5.74, 6) is -0.376. The molecule has 3 N–H and O–H groups in total. The van der Waals surface area contributed by atoms with Gasteiger partial charge in [-0.3, -0.25) is 9.59 Å². The zero-order valence-electron chi connectivity index (χ0n) is 18.3. The Morgan fingerprint density at radius 2 is 2.03 bits per heavy atom. The maximum absolute atomic E-state index is 13.1. The zero-order chi connectivity index (χ0) is 22.0. The Balaban J connectivity index is 1.60. The summed E-state index contributed by atoms with van der Waals surface area (Å²) in [5, 5.41) is 7.88. The molecule has 3 atom stereocenters. The third-order valence-electron chi connectivity index (χ3n) is 6.64. The van der Waals surface area contributed by atoms with Crippen LogP contribution in [-0.4, -0.2) is 50.7 Å². The van der Waals surface area contributed by atoms with Crippen LogP contribution in [0.4, 0.5) is 11.5 Å². The highest BCUT2D eigenvalue weighted by atomic mass is 16.5. The zero-order valence-corrected chi connectivity index (χ0v) is 18.3. The van der Waals surface area contributed by atoms with Gasteiger partial charge in [-0.15, -0.1) is 0 Å². The van der Waals surface area contributed by atoms with Crippen molar-refractivity contribution in [3.05, 3.63) is 12.4 Å². The molecule has 2 amide bonds. The first-order chi connectivity index (χ1) is 15.0. The fourth-order valence-electron chi connectivity index (χ4n) is 4.72. The van der Waals surface area contributed by atoms with Crippen molar-refractivity contribution in [1.82, 2.24) is 19.7 Å². The normalized spacial score (nSPS) is 24.3. The van der Waals surface area contributed by atoms with E-state index in [1.54, 1.807) is 15.8 Å². The Bertz CT molecular complexity index is 952. The number of likely N-dealkylation sites (tertiary alicyclic amines) is 1. The van der Waals surface area contributed by atoms with Crippen LogP contribution in [-0.2, 0) is 14.3 Å². The minimum Gasteiger partial charge on any atom is -0.383 e. The van der Waals surface area contributed by atoms with Gasteiger partial charge >= 0.3 is 11.8 Å². The molecule has 168 valence electrons. The molecule has 2 aliphatic heterocycles. The molecule has 0 aromatic carbocycles. The topological polar surface area (TPSA) is 115 Å². The summed E-state index contributed by atoms with van der Waals surface area (Å²) in [6, 6.07) is 0.103. The molecule has 0 spiro atoms. The molecule has 2 aromatic rings. The summed E-state index contributed by atoms with van der Waals surface area (Å²) in [6.45, 7) is 5.49. The third kappa shape index (κ3) is 4.23. The second kappa shape index (κ2) is 9.21. The van der Waals surface area contributed by atoms with Gasteiger partial charge < -0.3 is 20.7 Å². The van der Waals surface area contributed by atoms with Gasteiger partial charge in [0.1, 0.15) is 11.3 Å². The van der Waals surface area contributed by atoms with Crippen LogP contribution in [0.2, 0.25) is 0 Å². The van der Waals surface area contributed by atoms with Gasteiger partial charge in [-0.05, 0) is 44.4 Å². The number of hydrogen-bond acceptors (Lipinski definition) is 6. The van der Waals surface area contributed by atoms with Crippen molar-refractivity contribution < 1.29 is 14.3 Å². The first kappa shape index (κ1) is 21.5. The van der Waals surface area contributed by atoms with Crippen molar-refractivity contribution in [2.75, 3.05) is 24.2 Å². The van der Waals surface area contributed by atoms with Crippen LogP contribution in [0.15, 0.2) is 12.4 Å². The number of carbonyl (C=O) groups excluding carboxylic acids is 2. The largest absolute Gasteiger partial charge is 0.383 e. The summed E-state index contributed by atoms with van der Waals surface area (Å²) in [5.41, 5.74) is 7.11. The van der Waals surface area contributed by atoms with E-state index in [0.29, 0.717) is 41.5 Å². The number of carbonyl (C=O) groups is 2. The van der Waals surface area contributed by atoms with Crippen LogP contribution in [0, 0.1) is 5.92 Å². The maximum Gasteiger partial charge on any atom is 0.314 e. The van der Waals surface area contributed by atoms with Crippen LogP contribution in [0.1, 0.15) is 65.0 Å². The molecule has 2 aliphatic rings. The van der Waals surface area contributed by atoms with E-state index < -0.39 is 11.8 Å². The second-order valence-corrected chi connectivity index (χ2v) is 8.56. The van der Waals surface area contributed by atoms with Crippen LogP contribution < -0.4 is 11.1 Å². The minimum atomic E-state index is -0.652. The fourth-order valence-corrected chi connectivity index (χ4v) is 4.72. The number of nitrogens with two attached hydrogens (primary N) is 1. The number of nitrogen functional groups attached to an aromatic ring is 1. The Labute approximate surface area is 182 Å². The number of pyridine rings is 1. The molecule has 0 bridgehead atoms. The van der Waals surface area contributed by atoms with Crippen molar-refractivity contribution in [2.45, 2.75) is 71.1 Å². The van der Waals surface area contributed by atoms with Crippen LogP contribution in [0.5, 0.6) is 0 Å². The van der Waals surface area contributed by atoms with E-state index in [-0.39, 0.29) is 12.3 Å². The highest BCUT2D eigenvalue weighted by molar-refractivity contribution is 6.40. The Kier molecular flexibility index (Phi) is 6.41. The van der Waals surface area contributed by atoms with Crippen LogP contribution >= 0.6 is 0 Å². The van der Waals surface area contributed by atoms with Gasteiger partial charge in [0.25, 0.3) is 0 Å². The molecule has 2 saturated heterocycles. The van der Waals surface area contributed by atoms with Crippen molar-refractivity contribution >= 4 is 34.2 Å². The lowest BCUT2D eigenvalue weighted by Crippen LogP contribution is -2.50. The van der Waals surface area contributed by atoms with E-state index >= 15 is 0 Å². The number of amides is 2. The Morgan fingerprint density at radius 1 is 1.19 bits per heavy atom. The molecule has 0 aliphatic carbocycles. The van der Waals surface area contributed by atoms with E-state index in [1.165, 1.54) is 6.20 Å². The number of nitrogens with zero attached hydrogens (tertiary/aromatic N) is 4. The highest BCUT2D eigenvalue weighted by Crippen LogP contribution is 2.32. The number of nitrogens with one attached hydrogen (secondary N) is 1. The van der Waals surface area contributed by atoms with E-state index in [2.05, 4.69) is 29.2 Å². The van der Waals surface area contributed by atoms with Gasteiger partial charge in [0.05, 0.1) is 23.5 Å². The molecule has 2 fully saturated rings. The van der Waals surface area contributed by atoms with E-state index in [0.717, 1.165) is 44.9 Å². The highest BCUT2D eigenvalue weighted by Gasteiger charge is 2.33. The van der Waals surface area contributed by atoms with Crippen LogP contribution in [0.25, 0.3) is 10.9 Å². The second-order valence-electron chi connectivity index (χ2n) is 8.56. The number of fused-ring (bicyclic) bond motifs is 1. The van der Waals surface area contributed by atoms with Crippen molar-refractivity contribution in [3.8, 4) is 0 Å². The average Bonchev–Trinajstić information content (AvgIpc) is 3.27. The molecule has 9 heteroatoms. The summed E-state index contributed by atoms with van der Waals surface area (Å²) in [7, 11) is 0. The van der Waals surface area contributed by atoms with Gasteiger partial charge in [0.15, 0.2) is 6.23 Å². The van der Waals surface area contributed by atoms with Gasteiger partial charge in [0, 0.05) is 19.2 Å². The molecule has 4 heterocycles. The minimum absolute atomic E-state index is 0.103. The first-order valence-electron chi connectivity index (χ1n) is 11.4. The molecular formula is C22H32N6O3. The lowest BCUT2D eigenvalue weighted by molar-refractivity contribution is -0.146. The van der Waals surface area contributed by atoms with E-state index in [9.17, 15) is 9.59 Å². The van der Waals surface area contributed by atoms with Gasteiger partial charge in [0.2, 0.25) is 0 Å². The average molecular weight is 429 g/mol. The van der Waals surface area contributed by atoms with Crippen molar-refractivity contribution in [1.29, 1.82) is 0 Å². The molecule has 4 rings (SSSR count). The lowest BCUT2D eigenvalue weighted by Gasteiger charge is -2.38. The number of rotatable bonds is 4. The van der Waals surface area contributed by atoms with Crippen LogP contribution in [0.3, 0.4) is 0 Å². The Morgan fingerprint density at radius 3 is 2.74 bits per heavy atom. The SMILES string of the molecule is CC[C@@H]1CC[C@@H](CC)N(C(=O)C(=O)Nc2cnc(N)c3cnn(C4CCCCO4)c23)C1. The van der Waals surface area contributed by atoms with Gasteiger partial charge in [-0.2, -0.15) is 5.10 Å². The van der Waals surface area contributed by atoms with Gasteiger partial charge in [-0.25, -0.2) is 9.67 Å². The molecule has 0 saturated carbocycles. The summed E-state index contributed by atoms with van der Waals surface area (Å²) in [4.78, 5) is 32.0. The first-order valence-corrected chi connectivity index (χ1v) is 11.4.